The number of fused-ring (bicyclic) bond motifs is 1. The summed E-state index contributed by atoms with van der Waals surface area (Å²) < 4.78 is 17.6. The van der Waals surface area contributed by atoms with Gasteiger partial charge in [-0.3, -0.25) is 14.9 Å². The first-order chi connectivity index (χ1) is 20.0. The van der Waals surface area contributed by atoms with E-state index in [1.54, 1.807) is 38.3 Å². The van der Waals surface area contributed by atoms with E-state index in [4.69, 9.17) is 19.2 Å². The Kier molecular flexibility index (Phi) is 9.36. The number of aryl methyl sites for hydroxylation is 1. The van der Waals surface area contributed by atoms with Crippen molar-refractivity contribution in [3.8, 4) is 22.9 Å². The normalized spacial score (nSPS) is 11.3. The minimum atomic E-state index is -0.689. The predicted octanol–water partition coefficient (Wildman–Crippen LogP) is 6.00. The van der Waals surface area contributed by atoms with Gasteiger partial charge in [0.15, 0.2) is 12.4 Å². The fraction of sp³-hybridized carbons (Fsp3) is 0.267. The Balaban J connectivity index is 1.95. The van der Waals surface area contributed by atoms with Crippen LogP contribution in [-0.2, 0) is 9.53 Å². The quantitative estimate of drug-likeness (QED) is 0.0895. The first kappa shape index (κ1) is 30.4. The van der Waals surface area contributed by atoms with Crippen LogP contribution >= 0.6 is 15.9 Å². The van der Waals surface area contributed by atoms with Crippen molar-refractivity contribution in [2.45, 2.75) is 33.6 Å². The van der Waals surface area contributed by atoms with Gasteiger partial charge in [0, 0.05) is 21.7 Å². The molecule has 3 aromatic carbocycles. The first-order valence-corrected chi connectivity index (χ1v) is 13.9. The van der Waals surface area contributed by atoms with Crippen molar-refractivity contribution < 1.29 is 23.9 Å². The number of halogens is 1. The fourth-order valence-corrected chi connectivity index (χ4v) is 4.88. The van der Waals surface area contributed by atoms with E-state index < -0.39 is 28.7 Å². The molecule has 1 aromatic heterocycles. The molecule has 42 heavy (non-hydrogen) atoms. The number of hydrogen-bond acceptors (Lipinski definition) is 9. The van der Waals surface area contributed by atoms with Gasteiger partial charge in [0.05, 0.1) is 35.8 Å². The van der Waals surface area contributed by atoms with Crippen LogP contribution in [0.4, 0.5) is 5.69 Å². The van der Waals surface area contributed by atoms with Crippen molar-refractivity contribution in [1.29, 1.82) is 0 Å². The third-order valence-electron chi connectivity index (χ3n) is 6.40. The lowest BCUT2D eigenvalue weighted by Gasteiger charge is -2.17. The van der Waals surface area contributed by atoms with E-state index in [0.717, 1.165) is 15.8 Å². The van der Waals surface area contributed by atoms with E-state index in [-0.39, 0.29) is 29.7 Å². The molecule has 0 bridgehead atoms. The van der Waals surface area contributed by atoms with Gasteiger partial charge in [-0.05, 0) is 61.2 Å². The number of nitro groups is 1. The molecule has 0 aliphatic heterocycles. The van der Waals surface area contributed by atoms with Crippen LogP contribution in [-0.4, -0.2) is 47.1 Å². The summed E-state index contributed by atoms with van der Waals surface area (Å²) in [5, 5.41) is 16.7. The van der Waals surface area contributed by atoms with Crippen molar-refractivity contribution in [2.75, 3.05) is 20.3 Å². The molecule has 0 aliphatic carbocycles. The molecule has 0 atom stereocenters. The van der Waals surface area contributed by atoms with Crippen LogP contribution in [0, 0.1) is 17.0 Å². The molecule has 0 unspecified atom stereocenters. The van der Waals surface area contributed by atoms with Crippen molar-refractivity contribution in [3.05, 3.63) is 90.2 Å². The summed E-state index contributed by atoms with van der Waals surface area (Å²) in [5.74, 6) is 0.214. The third-order valence-corrected chi connectivity index (χ3v) is 6.86. The van der Waals surface area contributed by atoms with Crippen LogP contribution in [0.3, 0.4) is 0 Å². The van der Waals surface area contributed by atoms with Crippen LogP contribution in [0.2, 0.25) is 0 Å². The van der Waals surface area contributed by atoms with Crippen molar-refractivity contribution in [1.82, 2.24) is 9.66 Å². The standard InChI is InChI=1S/C30H29BrN4O7/c1-6-41-27(36)16-42-28-19(12-20(31)13-25(28)35(38)39)15-32-34-29(33-24-10-8-7-9-21(24)30(34)37)23-14-22(17(2)3)26(40-5)11-18(23)4/h7-15,17H,6,16H2,1-5H3. The summed E-state index contributed by atoms with van der Waals surface area (Å²) >= 11 is 3.28. The highest BCUT2D eigenvalue weighted by molar-refractivity contribution is 9.10. The number of benzene rings is 3. The lowest BCUT2D eigenvalue weighted by Crippen LogP contribution is -2.21. The Morgan fingerprint density at radius 2 is 1.95 bits per heavy atom. The summed E-state index contributed by atoms with van der Waals surface area (Å²) in [6.07, 6.45) is 1.27. The molecule has 0 spiro atoms. The summed E-state index contributed by atoms with van der Waals surface area (Å²) in [6, 6.07) is 13.5. The maximum atomic E-state index is 13.8. The number of para-hydroxylation sites is 1. The van der Waals surface area contributed by atoms with Gasteiger partial charge >= 0.3 is 11.7 Å². The van der Waals surface area contributed by atoms with Gasteiger partial charge in [0.2, 0.25) is 5.75 Å². The largest absolute Gasteiger partial charge is 0.496 e. The number of ether oxygens (including phenoxy) is 3. The van der Waals surface area contributed by atoms with Gasteiger partial charge in [-0.15, -0.1) is 0 Å². The molecule has 0 amide bonds. The Morgan fingerprint density at radius 1 is 1.21 bits per heavy atom. The molecule has 218 valence electrons. The van der Waals surface area contributed by atoms with E-state index in [1.165, 1.54) is 18.3 Å². The maximum absolute atomic E-state index is 13.8. The van der Waals surface area contributed by atoms with E-state index in [2.05, 4.69) is 21.0 Å². The highest BCUT2D eigenvalue weighted by atomic mass is 79.9. The first-order valence-electron chi connectivity index (χ1n) is 13.1. The minimum Gasteiger partial charge on any atom is -0.496 e. The van der Waals surface area contributed by atoms with E-state index in [0.29, 0.717) is 26.7 Å². The van der Waals surface area contributed by atoms with Crippen LogP contribution in [0.1, 0.15) is 43.4 Å². The van der Waals surface area contributed by atoms with Gasteiger partial charge in [-0.25, -0.2) is 9.78 Å². The average Bonchev–Trinajstić information content (AvgIpc) is 2.95. The van der Waals surface area contributed by atoms with Crippen molar-refractivity contribution >= 4 is 44.7 Å². The second-order valence-electron chi connectivity index (χ2n) is 9.57. The van der Waals surface area contributed by atoms with Crippen LogP contribution in [0.15, 0.2) is 62.9 Å². The lowest BCUT2D eigenvalue weighted by molar-refractivity contribution is -0.385. The SMILES string of the molecule is CCOC(=O)COc1c(C=Nn2c(-c3cc(C(C)C)c(OC)cc3C)nc3ccccc3c2=O)cc(Br)cc1[N+](=O)[O-]. The number of methoxy groups -OCH3 is 1. The fourth-order valence-electron chi connectivity index (χ4n) is 4.41. The van der Waals surface area contributed by atoms with Gasteiger partial charge < -0.3 is 14.2 Å². The number of carbonyl (C=O) groups is 1. The molecule has 0 saturated carbocycles. The van der Waals surface area contributed by atoms with Gasteiger partial charge in [-0.2, -0.15) is 9.78 Å². The summed E-state index contributed by atoms with van der Waals surface area (Å²) in [5.41, 5.74) is 2.20. The van der Waals surface area contributed by atoms with Crippen molar-refractivity contribution in [2.24, 2.45) is 5.10 Å². The lowest BCUT2D eigenvalue weighted by atomic mass is 9.96. The molecule has 0 aliphatic rings. The zero-order chi connectivity index (χ0) is 30.6. The van der Waals surface area contributed by atoms with E-state index in [9.17, 15) is 19.7 Å². The second-order valence-corrected chi connectivity index (χ2v) is 10.5. The number of hydrogen-bond donors (Lipinski definition) is 0. The number of carbonyl (C=O) groups excluding carboxylic acids is 1. The Morgan fingerprint density at radius 3 is 2.62 bits per heavy atom. The zero-order valence-corrected chi connectivity index (χ0v) is 25.3. The van der Waals surface area contributed by atoms with Gasteiger partial charge in [-0.1, -0.05) is 41.9 Å². The van der Waals surface area contributed by atoms with Gasteiger partial charge in [0.1, 0.15) is 5.75 Å². The molecule has 1 heterocycles. The number of nitrogens with zero attached hydrogens (tertiary/aromatic N) is 4. The highest BCUT2D eigenvalue weighted by Gasteiger charge is 2.23. The van der Waals surface area contributed by atoms with E-state index in [1.807, 2.05) is 32.9 Å². The molecule has 0 radical (unpaired) electrons. The van der Waals surface area contributed by atoms with Crippen molar-refractivity contribution in [3.63, 3.8) is 0 Å². The smallest absolute Gasteiger partial charge is 0.344 e. The molecule has 0 N–H and O–H groups in total. The Hall–Kier alpha value is -4.58. The Labute approximate surface area is 250 Å². The predicted molar refractivity (Wildman–Crippen MR) is 163 cm³/mol. The number of esters is 1. The molecular weight excluding hydrogens is 608 g/mol. The van der Waals surface area contributed by atoms with Crippen LogP contribution < -0.4 is 15.0 Å². The molecule has 4 rings (SSSR count). The van der Waals surface area contributed by atoms with Crippen LogP contribution in [0.25, 0.3) is 22.3 Å². The van der Waals surface area contributed by atoms with Crippen LogP contribution in [0.5, 0.6) is 11.5 Å². The maximum Gasteiger partial charge on any atom is 0.344 e. The minimum absolute atomic E-state index is 0.116. The Bertz CT molecular complexity index is 1770. The number of rotatable bonds is 10. The summed E-state index contributed by atoms with van der Waals surface area (Å²) in [6.45, 7) is 7.17. The number of nitro benzene ring substituents is 1. The average molecular weight is 637 g/mol. The van der Waals surface area contributed by atoms with E-state index >= 15 is 0 Å². The highest BCUT2D eigenvalue weighted by Crippen LogP contribution is 2.35. The summed E-state index contributed by atoms with van der Waals surface area (Å²) in [4.78, 5) is 41.8. The molecule has 0 saturated heterocycles. The molecule has 4 aromatic rings. The molecular formula is C30H29BrN4O7. The molecule has 0 fully saturated rings. The molecule has 11 nitrogen and oxygen atoms in total. The summed E-state index contributed by atoms with van der Waals surface area (Å²) in [7, 11) is 1.60. The monoisotopic (exact) mass is 636 g/mol. The molecule has 12 heteroatoms. The third kappa shape index (κ3) is 6.33. The topological polar surface area (TPSA) is 135 Å². The van der Waals surface area contributed by atoms with Gasteiger partial charge in [0.25, 0.3) is 5.56 Å². The second kappa shape index (κ2) is 12.9. The number of aromatic nitrogens is 2. The zero-order valence-electron chi connectivity index (χ0n) is 23.7.